The van der Waals surface area contributed by atoms with E-state index in [1.54, 1.807) is 0 Å². The number of nitrogens with one attached hydrogen (secondary N) is 2. The average Bonchev–Trinajstić information content (AvgIpc) is 2.86. The Hall–Kier alpha value is -2.25. The van der Waals surface area contributed by atoms with Crippen molar-refractivity contribution in [2.75, 3.05) is 11.9 Å². The molecule has 2 rings (SSSR count). The molecule has 0 bridgehead atoms. The van der Waals surface area contributed by atoms with Crippen LogP contribution in [-0.4, -0.2) is 29.0 Å². The van der Waals surface area contributed by atoms with E-state index >= 15 is 0 Å². The molecule has 6 nitrogen and oxygen atoms in total. The van der Waals surface area contributed by atoms with Gasteiger partial charge >= 0.3 is 0 Å². The van der Waals surface area contributed by atoms with Crippen molar-refractivity contribution >= 4 is 28.8 Å². The average molecular weight is 307 g/mol. The molecule has 1 aromatic heterocycles. The summed E-state index contributed by atoms with van der Waals surface area (Å²) in [4.78, 5) is 24.1. The lowest BCUT2D eigenvalue weighted by Crippen LogP contribution is -2.27. The molecule has 0 radical (unpaired) electrons. The predicted octanol–water partition coefficient (Wildman–Crippen LogP) is 1.88. The molecule has 0 saturated heterocycles. The lowest BCUT2D eigenvalue weighted by molar-refractivity contribution is -0.123. The standard InChI is InChI=1S/C13H15N3OS.CH2O2/c1-10-9-18-13(15-10)16-12(17)8-14-7-11-5-3-2-4-6-11;2-1-3/h2-6,9,14H,7-8H2,1H3,(H,15,16,17);1H,(H,2,3). The Morgan fingerprint density at radius 2 is 2.05 bits per heavy atom. The molecule has 0 atom stereocenters. The summed E-state index contributed by atoms with van der Waals surface area (Å²) in [6.45, 7) is 2.62. The monoisotopic (exact) mass is 307 g/mol. The predicted molar refractivity (Wildman–Crippen MR) is 82.3 cm³/mol. The van der Waals surface area contributed by atoms with Gasteiger partial charge in [-0.05, 0) is 12.5 Å². The second-order valence-corrected chi connectivity index (χ2v) is 4.89. The molecule has 0 aliphatic heterocycles. The Kier molecular flexibility index (Phi) is 7.70. The van der Waals surface area contributed by atoms with Gasteiger partial charge in [-0.25, -0.2) is 4.98 Å². The molecule has 21 heavy (non-hydrogen) atoms. The summed E-state index contributed by atoms with van der Waals surface area (Å²) in [5.41, 5.74) is 2.09. The van der Waals surface area contributed by atoms with Crippen LogP contribution in [0.25, 0.3) is 0 Å². The van der Waals surface area contributed by atoms with E-state index in [0.29, 0.717) is 11.7 Å². The van der Waals surface area contributed by atoms with E-state index in [4.69, 9.17) is 9.90 Å². The summed E-state index contributed by atoms with van der Waals surface area (Å²) in [6, 6.07) is 9.98. The summed E-state index contributed by atoms with van der Waals surface area (Å²) in [7, 11) is 0. The second kappa shape index (κ2) is 9.62. The summed E-state index contributed by atoms with van der Waals surface area (Å²) < 4.78 is 0. The smallest absolute Gasteiger partial charge is 0.290 e. The van der Waals surface area contributed by atoms with Crippen molar-refractivity contribution in [2.45, 2.75) is 13.5 Å². The Labute approximate surface area is 126 Å². The van der Waals surface area contributed by atoms with Crippen LogP contribution in [0.1, 0.15) is 11.3 Å². The van der Waals surface area contributed by atoms with Gasteiger partial charge in [0.1, 0.15) is 0 Å². The fraction of sp³-hybridized carbons (Fsp3) is 0.214. The number of hydrogen-bond acceptors (Lipinski definition) is 5. The van der Waals surface area contributed by atoms with Gasteiger partial charge in [-0.3, -0.25) is 9.59 Å². The molecule has 0 spiro atoms. The lowest BCUT2D eigenvalue weighted by atomic mass is 10.2. The number of aryl methyl sites for hydroxylation is 1. The third-order valence-corrected chi connectivity index (χ3v) is 3.20. The Bertz CT molecular complexity index is 558. The largest absolute Gasteiger partial charge is 0.483 e. The first-order valence-corrected chi connectivity index (χ1v) is 7.08. The number of hydrogen-bond donors (Lipinski definition) is 3. The van der Waals surface area contributed by atoms with Crippen molar-refractivity contribution < 1.29 is 14.7 Å². The minimum Gasteiger partial charge on any atom is -0.483 e. The van der Waals surface area contributed by atoms with Crippen LogP contribution in [0.4, 0.5) is 5.13 Å². The van der Waals surface area contributed by atoms with Gasteiger partial charge in [0.15, 0.2) is 5.13 Å². The van der Waals surface area contributed by atoms with E-state index < -0.39 is 0 Å². The zero-order chi connectivity index (χ0) is 15.5. The van der Waals surface area contributed by atoms with Gasteiger partial charge in [-0.15, -0.1) is 11.3 Å². The highest BCUT2D eigenvalue weighted by atomic mass is 32.1. The Morgan fingerprint density at radius 1 is 1.38 bits per heavy atom. The van der Waals surface area contributed by atoms with Crippen LogP contribution in [0, 0.1) is 6.92 Å². The Morgan fingerprint density at radius 3 is 2.62 bits per heavy atom. The molecule has 0 fully saturated rings. The van der Waals surface area contributed by atoms with Crippen LogP contribution < -0.4 is 10.6 Å². The zero-order valence-electron chi connectivity index (χ0n) is 11.6. The molecule has 1 heterocycles. The number of rotatable bonds is 5. The summed E-state index contributed by atoms with van der Waals surface area (Å²) in [5, 5.41) is 15.3. The fourth-order valence-electron chi connectivity index (χ4n) is 1.49. The highest BCUT2D eigenvalue weighted by Gasteiger charge is 2.04. The molecule has 1 amide bonds. The number of benzene rings is 1. The van der Waals surface area contributed by atoms with Gasteiger partial charge in [0.25, 0.3) is 6.47 Å². The maximum atomic E-state index is 11.6. The molecule has 0 unspecified atom stereocenters. The van der Waals surface area contributed by atoms with Crippen LogP contribution >= 0.6 is 11.3 Å². The fourth-order valence-corrected chi connectivity index (χ4v) is 2.20. The molecule has 0 aliphatic rings. The number of carbonyl (C=O) groups excluding carboxylic acids is 1. The number of anilines is 1. The lowest BCUT2D eigenvalue weighted by Gasteiger charge is -2.04. The number of amides is 1. The third kappa shape index (κ3) is 7.19. The number of nitrogens with zero attached hydrogens (tertiary/aromatic N) is 1. The molecule has 0 aliphatic carbocycles. The van der Waals surface area contributed by atoms with Gasteiger partial charge in [0.05, 0.1) is 12.2 Å². The third-order valence-electron chi connectivity index (χ3n) is 2.32. The summed E-state index contributed by atoms with van der Waals surface area (Å²) >= 11 is 1.44. The first-order valence-electron chi connectivity index (χ1n) is 6.20. The van der Waals surface area contributed by atoms with Crippen molar-refractivity contribution in [1.82, 2.24) is 10.3 Å². The number of thiazole rings is 1. The van der Waals surface area contributed by atoms with E-state index in [0.717, 1.165) is 11.3 Å². The molecule has 1 aromatic carbocycles. The summed E-state index contributed by atoms with van der Waals surface area (Å²) in [5.74, 6) is -0.0692. The molecular formula is C14H17N3O3S. The second-order valence-electron chi connectivity index (χ2n) is 4.04. The van der Waals surface area contributed by atoms with Gasteiger partial charge in [-0.2, -0.15) is 0 Å². The van der Waals surface area contributed by atoms with Gasteiger partial charge in [0, 0.05) is 11.9 Å². The molecule has 7 heteroatoms. The van der Waals surface area contributed by atoms with E-state index in [1.165, 1.54) is 11.3 Å². The first kappa shape index (κ1) is 16.8. The van der Waals surface area contributed by atoms with Crippen molar-refractivity contribution in [3.8, 4) is 0 Å². The molecule has 112 valence electrons. The Balaban J connectivity index is 0.000000677. The highest BCUT2D eigenvalue weighted by molar-refractivity contribution is 7.13. The van der Waals surface area contributed by atoms with Crippen LogP contribution in [-0.2, 0) is 16.1 Å². The summed E-state index contributed by atoms with van der Waals surface area (Å²) in [6.07, 6.45) is 0. The maximum Gasteiger partial charge on any atom is 0.290 e. The van der Waals surface area contributed by atoms with Gasteiger partial charge < -0.3 is 15.7 Å². The van der Waals surface area contributed by atoms with Crippen molar-refractivity contribution in [3.05, 3.63) is 47.0 Å². The SMILES string of the molecule is Cc1csc(NC(=O)CNCc2ccccc2)n1.O=CO. The molecule has 0 saturated carbocycles. The van der Waals surface area contributed by atoms with E-state index in [2.05, 4.69) is 15.6 Å². The number of carboxylic acid groups (broad SMARTS) is 1. The number of carbonyl (C=O) groups is 2. The molecule has 3 N–H and O–H groups in total. The zero-order valence-corrected chi connectivity index (χ0v) is 12.4. The van der Waals surface area contributed by atoms with Crippen LogP contribution in [0.2, 0.25) is 0 Å². The van der Waals surface area contributed by atoms with Crippen LogP contribution in [0.15, 0.2) is 35.7 Å². The van der Waals surface area contributed by atoms with E-state index in [-0.39, 0.29) is 18.9 Å². The molecular weight excluding hydrogens is 290 g/mol. The van der Waals surface area contributed by atoms with Gasteiger partial charge in [0.2, 0.25) is 5.91 Å². The first-order chi connectivity index (χ1) is 10.2. The topological polar surface area (TPSA) is 91.3 Å². The van der Waals surface area contributed by atoms with Crippen LogP contribution in [0.5, 0.6) is 0 Å². The van der Waals surface area contributed by atoms with E-state index in [9.17, 15) is 4.79 Å². The van der Waals surface area contributed by atoms with E-state index in [1.807, 2.05) is 42.6 Å². The molecule has 2 aromatic rings. The van der Waals surface area contributed by atoms with Crippen molar-refractivity contribution in [3.63, 3.8) is 0 Å². The maximum absolute atomic E-state index is 11.6. The highest BCUT2D eigenvalue weighted by Crippen LogP contribution is 2.13. The number of aromatic nitrogens is 1. The van der Waals surface area contributed by atoms with Gasteiger partial charge in [-0.1, -0.05) is 30.3 Å². The van der Waals surface area contributed by atoms with Crippen LogP contribution in [0.3, 0.4) is 0 Å². The quantitative estimate of drug-likeness (QED) is 0.734. The van der Waals surface area contributed by atoms with Crippen molar-refractivity contribution in [2.24, 2.45) is 0 Å². The minimum absolute atomic E-state index is 0.0692. The van der Waals surface area contributed by atoms with Crippen molar-refractivity contribution in [1.29, 1.82) is 0 Å². The normalized spacial score (nSPS) is 9.38. The minimum atomic E-state index is -0.250.